The van der Waals surface area contributed by atoms with Crippen LogP contribution in [0.2, 0.25) is 10.0 Å². The van der Waals surface area contributed by atoms with Crippen LogP contribution >= 0.6 is 23.2 Å². The van der Waals surface area contributed by atoms with E-state index in [0.717, 1.165) is 35.6 Å². The van der Waals surface area contributed by atoms with E-state index in [1.54, 1.807) is 29.0 Å². The van der Waals surface area contributed by atoms with Gasteiger partial charge in [0.25, 0.3) is 5.56 Å². The van der Waals surface area contributed by atoms with Gasteiger partial charge in [-0.25, -0.2) is 4.98 Å². The number of ketones is 1. The number of anilines is 3. The molecule has 0 radical (unpaired) electrons. The first kappa shape index (κ1) is 37.8. The third-order valence-electron chi connectivity index (χ3n) is 9.09. The lowest BCUT2D eigenvalue weighted by Crippen LogP contribution is -2.36. The van der Waals surface area contributed by atoms with Gasteiger partial charge in [0.1, 0.15) is 17.1 Å². The van der Waals surface area contributed by atoms with E-state index in [9.17, 15) is 9.59 Å². The van der Waals surface area contributed by atoms with Gasteiger partial charge in [0.2, 0.25) is 5.95 Å². The lowest BCUT2D eigenvalue weighted by atomic mass is 10.00. The number of carbonyl (C=O) groups excluding carboxylic acids is 1. The minimum atomic E-state index is -0.537. The molecule has 276 valence electrons. The molecule has 11 nitrogen and oxygen atoms in total. The van der Waals surface area contributed by atoms with Crippen molar-refractivity contribution in [3.63, 3.8) is 0 Å². The van der Waals surface area contributed by atoms with Crippen molar-refractivity contribution in [2.24, 2.45) is 0 Å². The fraction of sp³-hybridized carbons (Fsp3) is 0.300. The molecule has 0 saturated carbocycles. The quantitative estimate of drug-likeness (QED) is 0.124. The molecule has 1 saturated heterocycles. The standard InChI is InChI=1S/C40H42Cl2N6O5/c1-25(27-9-6-8-26(20-27)21-31(49)10-7-15-46(2)3)48-38-28(22-32(39(48)50)35-36(41)33(51-4)23-34(52-5)37(35)42)24-43-40(45-38)44-29-11-13-30(14-12-29)47-16-18-53-19-17-47/h6-14,20,22-25H,15-19,21H2,1-5H3,(H,43,44,45). The van der Waals surface area contributed by atoms with Crippen molar-refractivity contribution >= 4 is 57.3 Å². The van der Waals surface area contributed by atoms with Gasteiger partial charge in [-0.3, -0.25) is 14.2 Å². The molecule has 0 spiro atoms. The summed E-state index contributed by atoms with van der Waals surface area (Å²) >= 11 is 13.7. The zero-order chi connectivity index (χ0) is 37.6. The molecule has 1 N–H and O–H groups in total. The third kappa shape index (κ3) is 8.49. The highest BCUT2D eigenvalue weighted by atomic mass is 35.5. The summed E-state index contributed by atoms with van der Waals surface area (Å²) in [7, 11) is 6.85. The molecule has 2 aromatic heterocycles. The Morgan fingerprint density at radius 1 is 1.02 bits per heavy atom. The average Bonchev–Trinajstić information content (AvgIpc) is 3.15. The number of hydrogen-bond donors (Lipinski definition) is 1. The maximum atomic E-state index is 14.8. The lowest BCUT2D eigenvalue weighted by Gasteiger charge is -2.28. The number of allylic oxidation sites excluding steroid dienone is 1. The third-order valence-corrected chi connectivity index (χ3v) is 9.84. The van der Waals surface area contributed by atoms with Gasteiger partial charge in [0, 0.05) is 60.6 Å². The number of fused-ring (bicyclic) bond motifs is 1. The number of morpholine rings is 1. The minimum absolute atomic E-state index is 0.0149. The number of ether oxygens (including phenoxy) is 3. The van der Waals surface area contributed by atoms with E-state index >= 15 is 0 Å². The monoisotopic (exact) mass is 756 g/mol. The Hall–Kier alpha value is -4.94. The predicted molar refractivity (Wildman–Crippen MR) is 212 cm³/mol. The summed E-state index contributed by atoms with van der Waals surface area (Å²) in [6, 6.07) is 18.4. The van der Waals surface area contributed by atoms with Crippen LogP contribution in [0.25, 0.3) is 22.2 Å². The van der Waals surface area contributed by atoms with Crippen molar-refractivity contribution in [1.82, 2.24) is 19.4 Å². The van der Waals surface area contributed by atoms with E-state index in [2.05, 4.69) is 15.2 Å². The van der Waals surface area contributed by atoms with Crippen molar-refractivity contribution in [3.05, 3.63) is 111 Å². The van der Waals surface area contributed by atoms with Gasteiger partial charge in [-0.1, -0.05) is 53.5 Å². The molecule has 1 aliphatic rings. The summed E-state index contributed by atoms with van der Waals surface area (Å²) in [5, 5.41) is 4.20. The summed E-state index contributed by atoms with van der Waals surface area (Å²) in [5.41, 5.74) is 4.01. The molecule has 13 heteroatoms. The molecule has 1 aliphatic heterocycles. The van der Waals surface area contributed by atoms with Crippen LogP contribution in [-0.2, 0) is 16.0 Å². The lowest BCUT2D eigenvalue weighted by molar-refractivity contribution is -0.114. The number of pyridine rings is 1. The van der Waals surface area contributed by atoms with E-state index < -0.39 is 11.6 Å². The fourth-order valence-corrected chi connectivity index (χ4v) is 7.02. The van der Waals surface area contributed by atoms with Gasteiger partial charge in [0.15, 0.2) is 5.78 Å². The highest BCUT2D eigenvalue weighted by molar-refractivity contribution is 6.41. The Kier molecular flexibility index (Phi) is 12.0. The zero-order valence-corrected chi connectivity index (χ0v) is 31.9. The maximum Gasteiger partial charge on any atom is 0.260 e. The summed E-state index contributed by atoms with van der Waals surface area (Å²) < 4.78 is 18.1. The normalized spacial score (nSPS) is 13.8. The van der Waals surface area contributed by atoms with E-state index in [-0.39, 0.29) is 33.4 Å². The van der Waals surface area contributed by atoms with Crippen LogP contribution in [0.15, 0.2) is 83.8 Å². The topological polar surface area (TPSA) is 111 Å². The second-order valence-electron chi connectivity index (χ2n) is 13.0. The maximum absolute atomic E-state index is 14.8. The summed E-state index contributed by atoms with van der Waals surface area (Å²) in [6.45, 7) is 5.66. The Bertz CT molecular complexity index is 2170. The molecule has 1 unspecified atom stereocenters. The minimum Gasteiger partial charge on any atom is -0.495 e. The molecule has 6 rings (SSSR count). The number of nitrogens with one attached hydrogen (secondary N) is 1. The van der Waals surface area contributed by atoms with Crippen LogP contribution in [0, 0.1) is 0 Å². The molecule has 5 aromatic rings. The predicted octanol–water partition coefficient (Wildman–Crippen LogP) is 7.20. The second kappa shape index (κ2) is 16.8. The molecule has 0 amide bonds. The van der Waals surface area contributed by atoms with Crippen LogP contribution < -0.4 is 25.2 Å². The van der Waals surface area contributed by atoms with Gasteiger partial charge in [0.05, 0.1) is 49.1 Å². The molecule has 3 heterocycles. The average molecular weight is 758 g/mol. The van der Waals surface area contributed by atoms with Crippen molar-refractivity contribution in [3.8, 4) is 22.6 Å². The first-order chi connectivity index (χ1) is 25.6. The number of rotatable bonds is 13. The van der Waals surface area contributed by atoms with Crippen molar-refractivity contribution in [2.75, 3.05) is 71.4 Å². The van der Waals surface area contributed by atoms with E-state index in [4.69, 9.17) is 42.4 Å². The number of halogens is 2. The van der Waals surface area contributed by atoms with Crippen LogP contribution in [0.3, 0.4) is 0 Å². The summed E-state index contributed by atoms with van der Waals surface area (Å²) in [4.78, 5) is 41.4. The van der Waals surface area contributed by atoms with Crippen molar-refractivity contribution in [1.29, 1.82) is 0 Å². The van der Waals surface area contributed by atoms with Crippen LogP contribution in [0.4, 0.5) is 17.3 Å². The fourth-order valence-electron chi connectivity index (χ4n) is 6.31. The zero-order valence-electron chi connectivity index (χ0n) is 30.4. The number of hydrogen-bond acceptors (Lipinski definition) is 10. The van der Waals surface area contributed by atoms with Gasteiger partial charge < -0.3 is 29.3 Å². The molecule has 0 aliphatic carbocycles. The molecule has 1 fully saturated rings. The number of carbonyl (C=O) groups is 1. The van der Waals surface area contributed by atoms with E-state index in [1.807, 2.05) is 80.5 Å². The first-order valence-corrected chi connectivity index (χ1v) is 18.0. The Morgan fingerprint density at radius 2 is 1.72 bits per heavy atom. The highest BCUT2D eigenvalue weighted by Crippen LogP contribution is 2.45. The number of likely N-dealkylation sites (N-methyl/N-ethyl adjacent to an activating group) is 1. The smallest absolute Gasteiger partial charge is 0.260 e. The Morgan fingerprint density at radius 3 is 2.38 bits per heavy atom. The van der Waals surface area contributed by atoms with Gasteiger partial charge in [-0.15, -0.1) is 0 Å². The SMILES string of the molecule is COc1cc(OC)c(Cl)c(-c2cc3cnc(Nc4ccc(N5CCOCC5)cc4)nc3n(C(C)c3cccc(CC(=O)C=CCN(C)C)c3)c2=O)c1Cl. The summed E-state index contributed by atoms with van der Waals surface area (Å²) in [5.74, 6) is 0.899. The van der Waals surface area contributed by atoms with Crippen molar-refractivity contribution in [2.45, 2.75) is 19.4 Å². The van der Waals surface area contributed by atoms with E-state index in [0.29, 0.717) is 48.2 Å². The van der Waals surface area contributed by atoms with Crippen LogP contribution in [-0.4, -0.2) is 86.4 Å². The largest absolute Gasteiger partial charge is 0.495 e. The molecular formula is C40H42Cl2N6O5. The van der Waals surface area contributed by atoms with Gasteiger partial charge in [-0.2, -0.15) is 4.98 Å². The van der Waals surface area contributed by atoms with Gasteiger partial charge in [-0.05, 0) is 68.6 Å². The van der Waals surface area contributed by atoms with Crippen LogP contribution in [0.5, 0.6) is 11.5 Å². The Labute approximate surface area is 318 Å². The number of nitrogens with zero attached hydrogens (tertiary/aromatic N) is 5. The second-order valence-corrected chi connectivity index (χ2v) is 13.7. The van der Waals surface area contributed by atoms with Crippen molar-refractivity contribution < 1.29 is 19.0 Å². The molecule has 0 bridgehead atoms. The molecule has 1 atom stereocenters. The highest BCUT2D eigenvalue weighted by Gasteiger charge is 2.25. The Balaban J connectivity index is 1.44. The van der Waals surface area contributed by atoms with Crippen LogP contribution in [0.1, 0.15) is 24.1 Å². The number of methoxy groups -OCH3 is 2. The number of aromatic nitrogens is 3. The molecule has 53 heavy (non-hydrogen) atoms. The van der Waals surface area contributed by atoms with E-state index in [1.165, 1.54) is 14.2 Å². The summed E-state index contributed by atoms with van der Waals surface area (Å²) in [6.07, 6.45) is 5.33. The molecule has 3 aromatic carbocycles. The number of benzene rings is 3. The van der Waals surface area contributed by atoms with Gasteiger partial charge >= 0.3 is 0 Å². The molecular weight excluding hydrogens is 715 g/mol. The first-order valence-electron chi connectivity index (χ1n) is 17.2.